The summed E-state index contributed by atoms with van der Waals surface area (Å²) in [6, 6.07) is 0. The summed E-state index contributed by atoms with van der Waals surface area (Å²) >= 11 is 0. The molecule has 5 nitrogen and oxygen atoms in total. The summed E-state index contributed by atoms with van der Waals surface area (Å²) in [6.45, 7) is 2.47. The van der Waals surface area contributed by atoms with Crippen molar-refractivity contribution in [3.63, 3.8) is 0 Å². The molecule has 0 aromatic heterocycles. The van der Waals surface area contributed by atoms with Gasteiger partial charge in [-0.1, -0.05) is 0 Å². The molecule has 0 aromatic rings. The van der Waals surface area contributed by atoms with Gasteiger partial charge >= 0.3 is 5.97 Å². The van der Waals surface area contributed by atoms with Crippen molar-refractivity contribution >= 4 is 5.97 Å². The van der Waals surface area contributed by atoms with Crippen molar-refractivity contribution in [2.45, 2.75) is 25.6 Å². The summed E-state index contributed by atoms with van der Waals surface area (Å²) in [5.41, 5.74) is 5.36. The lowest BCUT2D eigenvalue weighted by atomic mass is 10.2. The molecular weight excluding hydrogens is 186 g/mol. The molecule has 0 saturated carbocycles. The largest absolute Gasteiger partial charge is 0.460 e. The SMILES string of the molecule is COCC(C)OC(=O)CC(CN)OC. The fourth-order valence-corrected chi connectivity index (χ4v) is 0.990. The van der Waals surface area contributed by atoms with Crippen molar-refractivity contribution in [1.29, 1.82) is 0 Å². The van der Waals surface area contributed by atoms with Crippen molar-refractivity contribution < 1.29 is 19.0 Å². The van der Waals surface area contributed by atoms with Crippen LogP contribution in [0, 0.1) is 0 Å². The Morgan fingerprint density at radius 1 is 1.43 bits per heavy atom. The van der Waals surface area contributed by atoms with E-state index < -0.39 is 0 Å². The number of carbonyl (C=O) groups is 1. The summed E-state index contributed by atoms with van der Waals surface area (Å²) in [6.07, 6.45) is -0.318. The number of carbonyl (C=O) groups excluding carboxylic acids is 1. The van der Waals surface area contributed by atoms with E-state index in [4.69, 9.17) is 19.9 Å². The van der Waals surface area contributed by atoms with Crippen molar-refractivity contribution in [3.05, 3.63) is 0 Å². The van der Waals surface area contributed by atoms with E-state index in [1.54, 1.807) is 14.0 Å². The van der Waals surface area contributed by atoms with Crippen molar-refractivity contribution in [3.8, 4) is 0 Å². The van der Waals surface area contributed by atoms with E-state index in [0.717, 1.165) is 0 Å². The Labute approximate surface area is 84.5 Å². The van der Waals surface area contributed by atoms with Gasteiger partial charge in [-0.25, -0.2) is 0 Å². The molecule has 0 fully saturated rings. The highest BCUT2D eigenvalue weighted by Gasteiger charge is 2.14. The van der Waals surface area contributed by atoms with Crippen molar-refractivity contribution in [2.75, 3.05) is 27.4 Å². The van der Waals surface area contributed by atoms with Crippen LogP contribution >= 0.6 is 0 Å². The summed E-state index contributed by atoms with van der Waals surface area (Å²) < 4.78 is 14.8. The smallest absolute Gasteiger partial charge is 0.308 e. The molecule has 2 atom stereocenters. The molecule has 0 radical (unpaired) electrons. The van der Waals surface area contributed by atoms with E-state index >= 15 is 0 Å². The first-order chi connectivity index (χ1) is 6.63. The minimum absolute atomic E-state index is 0.182. The van der Waals surface area contributed by atoms with Crippen LogP contribution in [-0.2, 0) is 19.0 Å². The maximum atomic E-state index is 11.2. The predicted octanol–water partition coefficient (Wildman–Crippen LogP) is -0.0717. The van der Waals surface area contributed by atoms with Gasteiger partial charge in [-0.05, 0) is 6.92 Å². The van der Waals surface area contributed by atoms with Crippen molar-refractivity contribution in [1.82, 2.24) is 0 Å². The topological polar surface area (TPSA) is 70.8 Å². The fourth-order valence-electron chi connectivity index (χ4n) is 0.990. The third kappa shape index (κ3) is 5.90. The molecule has 0 rings (SSSR count). The Morgan fingerprint density at radius 2 is 2.07 bits per heavy atom. The minimum Gasteiger partial charge on any atom is -0.460 e. The summed E-state index contributed by atoms with van der Waals surface area (Å²) in [4.78, 5) is 11.2. The highest BCUT2D eigenvalue weighted by Crippen LogP contribution is 2.00. The standard InChI is InChI=1S/C9H19NO4/c1-7(6-12-2)14-9(11)4-8(5-10)13-3/h7-8H,4-6,10H2,1-3H3. The zero-order chi connectivity index (χ0) is 11.0. The lowest BCUT2D eigenvalue weighted by Crippen LogP contribution is -2.28. The number of hydrogen-bond donors (Lipinski definition) is 1. The zero-order valence-corrected chi connectivity index (χ0v) is 8.99. The number of nitrogens with two attached hydrogens (primary N) is 1. The number of ether oxygens (including phenoxy) is 3. The van der Waals surface area contributed by atoms with Gasteiger partial charge in [0.05, 0.1) is 19.1 Å². The first-order valence-corrected chi connectivity index (χ1v) is 4.55. The number of esters is 1. The van der Waals surface area contributed by atoms with Gasteiger partial charge in [-0.3, -0.25) is 4.79 Å². The van der Waals surface area contributed by atoms with Gasteiger partial charge < -0.3 is 19.9 Å². The molecule has 0 saturated heterocycles. The molecule has 14 heavy (non-hydrogen) atoms. The Kier molecular flexibility index (Phi) is 7.37. The number of methoxy groups -OCH3 is 2. The quantitative estimate of drug-likeness (QED) is 0.589. The molecule has 0 aliphatic rings. The molecule has 2 unspecified atom stereocenters. The van der Waals surface area contributed by atoms with E-state index in [-0.39, 0.29) is 24.6 Å². The Balaban J connectivity index is 3.73. The molecule has 0 heterocycles. The van der Waals surface area contributed by atoms with Gasteiger partial charge in [0.25, 0.3) is 0 Å². The average Bonchev–Trinajstić information content (AvgIpc) is 2.14. The number of rotatable bonds is 7. The van der Waals surface area contributed by atoms with Gasteiger partial charge in [-0.15, -0.1) is 0 Å². The van der Waals surface area contributed by atoms with E-state index in [1.165, 1.54) is 7.11 Å². The Morgan fingerprint density at radius 3 is 2.50 bits per heavy atom. The summed E-state index contributed by atoms with van der Waals surface area (Å²) in [7, 11) is 3.07. The highest BCUT2D eigenvalue weighted by atomic mass is 16.6. The van der Waals surface area contributed by atoms with Crippen LogP contribution in [-0.4, -0.2) is 45.5 Å². The third-order valence-corrected chi connectivity index (χ3v) is 1.72. The van der Waals surface area contributed by atoms with Gasteiger partial charge in [0.2, 0.25) is 0 Å². The van der Waals surface area contributed by atoms with Crippen molar-refractivity contribution in [2.24, 2.45) is 5.73 Å². The van der Waals surface area contributed by atoms with E-state index in [1.807, 2.05) is 0 Å². The second kappa shape index (κ2) is 7.73. The van der Waals surface area contributed by atoms with Crippen LogP contribution in [0.15, 0.2) is 0 Å². The minimum atomic E-state index is -0.313. The predicted molar refractivity (Wildman–Crippen MR) is 51.9 cm³/mol. The van der Waals surface area contributed by atoms with Crippen LogP contribution in [0.25, 0.3) is 0 Å². The van der Waals surface area contributed by atoms with Crippen LogP contribution in [0.4, 0.5) is 0 Å². The van der Waals surface area contributed by atoms with Gasteiger partial charge in [-0.2, -0.15) is 0 Å². The summed E-state index contributed by atoms with van der Waals surface area (Å²) in [5.74, 6) is -0.313. The fraction of sp³-hybridized carbons (Fsp3) is 0.889. The molecule has 5 heteroatoms. The van der Waals surface area contributed by atoms with Gasteiger partial charge in [0.15, 0.2) is 0 Å². The second-order valence-corrected chi connectivity index (χ2v) is 3.05. The van der Waals surface area contributed by atoms with Crippen LogP contribution in [0.2, 0.25) is 0 Å². The highest BCUT2D eigenvalue weighted by molar-refractivity contribution is 5.70. The Bertz CT molecular complexity index is 159. The first kappa shape index (κ1) is 13.4. The summed E-state index contributed by atoms with van der Waals surface area (Å²) in [5, 5.41) is 0. The molecule has 0 aromatic carbocycles. The van der Waals surface area contributed by atoms with E-state index in [2.05, 4.69) is 0 Å². The maximum absolute atomic E-state index is 11.2. The molecule has 0 aliphatic carbocycles. The third-order valence-electron chi connectivity index (χ3n) is 1.72. The van der Waals surface area contributed by atoms with Crippen LogP contribution in [0.1, 0.15) is 13.3 Å². The van der Waals surface area contributed by atoms with E-state index in [0.29, 0.717) is 13.2 Å². The molecule has 0 spiro atoms. The van der Waals surface area contributed by atoms with Gasteiger partial charge in [0, 0.05) is 20.8 Å². The Hall–Kier alpha value is -0.650. The molecule has 0 aliphatic heterocycles. The van der Waals surface area contributed by atoms with Crippen LogP contribution < -0.4 is 5.73 Å². The molecule has 0 bridgehead atoms. The maximum Gasteiger partial charge on any atom is 0.308 e. The second-order valence-electron chi connectivity index (χ2n) is 3.05. The van der Waals surface area contributed by atoms with E-state index in [9.17, 15) is 4.79 Å². The number of hydrogen-bond acceptors (Lipinski definition) is 5. The molecule has 0 amide bonds. The normalized spacial score (nSPS) is 14.9. The lowest BCUT2D eigenvalue weighted by molar-refractivity contribution is -0.153. The molecule has 2 N–H and O–H groups in total. The first-order valence-electron chi connectivity index (χ1n) is 4.55. The average molecular weight is 205 g/mol. The molecular formula is C9H19NO4. The zero-order valence-electron chi connectivity index (χ0n) is 8.99. The monoisotopic (exact) mass is 205 g/mol. The molecule has 84 valence electrons. The van der Waals surface area contributed by atoms with Crippen LogP contribution in [0.5, 0.6) is 0 Å². The van der Waals surface area contributed by atoms with Crippen LogP contribution in [0.3, 0.4) is 0 Å². The van der Waals surface area contributed by atoms with Gasteiger partial charge in [0.1, 0.15) is 6.10 Å². The lowest BCUT2D eigenvalue weighted by Gasteiger charge is -2.15.